The fourth-order valence-corrected chi connectivity index (χ4v) is 1.67. The number of amides is 1. The molecule has 1 aliphatic rings. The maximum absolute atomic E-state index is 11.8. The highest BCUT2D eigenvalue weighted by Crippen LogP contribution is 2.13. The third kappa shape index (κ3) is 3.44. The van der Waals surface area contributed by atoms with Crippen LogP contribution in [0.25, 0.3) is 0 Å². The molecule has 1 saturated heterocycles. The van der Waals surface area contributed by atoms with Crippen LogP contribution in [0.3, 0.4) is 0 Å². The topological polar surface area (TPSA) is 75.8 Å². The van der Waals surface area contributed by atoms with E-state index in [1.165, 1.54) is 0 Å². The molecule has 0 saturated carbocycles. The van der Waals surface area contributed by atoms with Crippen LogP contribution in [0, 0.1) is 0 Å². The van der Waals surface area contributed by atoms with Crippen LogP contribution < -0.4 is 5.73 Å². The van der Waals surface area contributed by atoms with Crippen molar-refractivity contribution < 1.29 is 14.6 Å². The van der Waals surface area contributed by atoms with Gasteiger partial charge in [-0.2, -0.15) is 0 Å². The quantitative estimate of drug-likeness (QED) is 0.653. The molecule has 1 heterocycles. The third-order valence-electron chi connectivity index (χ3n) is 2.62. The van der Waals surface area contributed by atoms with Gasteiger partial charge in [-0.3, -0.25) is 4.79 Å². The van der Waals surface area contributed by atoms with E-state index in [-0.39, 0.29) is 24.7 Å². The van der Waals surface area contributed by atoms with E-state index in [0.717, 1.165) is 0 Å². The lowest BCUT2D eigenvalue weighted by atomic mass is 10.1. The predicted octanol–water partition coefficient (Wildman–Crippen LogP) is -0.666. The SMILES string of the molecule is CC1COC(CO)CN1C(=O)CCCN. The molecule has 0 bridgehead atoms. The Balaban J connectivity index is 2.46. The number of aliphatic hydroxyl groups is 1. The van der Waals surface area contributed by atoms with Gasteiger partial charge in [0.1, 0.15) is 0 Å². The van der Waals surface area contributed by atoms with Crippen LogP contribution in [0.4, 0.5) is 0 Å². The van der Waals surface area contributed by atoms with E-state index in [2.05, 4.69) is 0 Å². The number of ether oxygens (including phenoxy) is 1. The summed E-state index contributed by atoms with van der Waals surface area (Å²) in [7, 11) is 0. The second-order valence-electron chi connectivity index (χ2n) is 3.93. The minimum Gasteiger partial charge on any atom is -0.394 e. The zero-order chi connectivity index (χ0) is 11.3. The number of hydrogen-bond acceptors (Lipinski definition) is 4. The first-order chi connectivity index (χ1) is 7.19. The van der Waals surface area contributed by atoms with Gasteiger partial charge in [-0.1, -0.05) is 0 Å². The largest absolute Gasteiger partial charge is 0.394 e. The van der Waals surface area contributed by atoms with Gasteiger partial charge >= 0.3 is 0 Å². The Hall–Kier alpha value is -0.650. The lowest BCUT2D eigenvalue weighted by molar-refractivity contribution is -0.146. The fourth-order valence-electron chi connectivity index (χ4n) is 1.67. The van der Waals surface area contributed by atoms with Crippen molar-refractivity contribution in [3.8, 4) is 0 Å². The average molecular weight is 216 g/mol. The van der Waals surface area contributed by atoms with Crippen molar-refractivity contribution in [1.82, 2.24) is 4.90 Å². The molecule has 5 nitrogen and oxygen atoms in total. The lowest BCUT2D eigenvalue weighted by Gasteiger charge is -2.37. The minimum atomic E-state index is -0.233. The molecule has 0 aliphatic carbocycles. The molecule has 0 aromatic rings. The molecule has 0 aromatic heterocycles. The van der Waals surface area contributed by atoms with E-state index in [1.54, 1.807) is 4.90 Å². The van der Waals surface area contributed by atoms with Crippen LogP contribution in [-0.2, 0) is 9.53 Å². The van der Waals surface area contributed by atoms with Gasteiger partial charge in [0.05, 0.1) is 25.4 Å². The van der Waals surface area contributed by atoms with E-state index in [0.29, 0.717) is 32.5 Å². The van der Waals surface area contributed by atoms with Crippen molar-refractivity contribution in [2.24, 2.45) is 5.73 Å². The highest BCUT2D eigenvalue weighted by atomic mass is 16.5. The van der Waals surface area contributed by atoms with E-state index in [9.17, 15) is 4.79 Å². The van der Waals surface area contributed by atoms with Gasteiger partial charge in [-0.25, -0.2) is 0 Å². The predicted molar refractivity (Wildman–Crippen MR) is 56.3 cm³/mol. The van der Waals surface area contributed by atoms with E-state index in [4.69, 9.17) is 15.6 Å². The summed E-state index contributed by atoms with van der Waals surface area (Å²) in [5.41, 5.74) is 5.36. The highest BCUT2D eigenvalue weighted by Gasteiger charge is 2.28. The summed E-state index contributed by atoms with van der Waals surface area (Å²) in [6.07, 6.45) is 0.967. The van der Waals surface area contributed by atoms with Crippen molar-refractivity contribution in [1.29, 1.82) is 0 Å². The molecular weight excluding hydrogens is 196 g/mol. The zero-order valence-corrected chi connectivity index (χ0v) is 9.19. The van der Waals surface area contributed by atoms with Gasteiger partial charge in [0, 0.05) is 13.0 Å². The van der Waals surface area contributed by atoms with E-state index >= 15 is 0 Å². The molecule has 15 heavy (non-hydrogen) atoms. The molecule has 2 atom stereocenters. The van der Waals surface area contributed by atoms with Gasteiger partial charge in [0.15, 0.2) is 0 Å². The summed E-state index contributed by atoms with van der Waals surface area (Å²) in [6, 6.07) is 0.0954. The van der Waals surface area contributed by atoms with Gasteiger partial charge < -0.3 is 20.5 Å². The normalized spacial score (nSPS) is 26.7. The van der Waals surface area contributed by atoms with Crippen LogP contribution >= 0.6 is 0 Å². The number of nitrogens with two attached hydrogens (primary N) is 1. The molecule has 2 unspecified atom stereocenters. The molecular formula is C10H20N2O3. The van der Waals surface area contributed by atoms with Crippen LogP contribution in [0.1, 0.15) is 19.8 Å². The van der Waals surface area contributed by atoms with Crippen LogP contribution in [0.5, 0.6) is 0 Å². The minimum absolute atomic E-state index is 0.0343. The summed E-state index contributed by atoms with van der Waals surface area (Å²) in [4.78, 5) is 13.5. The third-order valence-corrected chi connectivity index (χ3v) is 2.62. The summed E-state index contributed by atoms with van der Waals surface area (Å²) in [6.45, 7) is 3.44. The van der Waals surface area contributed by atoms with Crippen molar-refractivity contribution in [2.75, 3.05) is 26.3 Å². The number of carbonyl (C=O) groups is 1. The van der Waals surface area contributed by atoms with Crippen molar-refractivity contribution >= 4 is 5.91 Å². The number of rotatable bonds is 4. The fraction of sp³-hybridized carbons (Fsp3) is 0.900. The maximum Gasteiger partial charge on any atom is 0.223 e. The molecule has 1 aliphatic heterocycles. The molecule has 1 amide bonds. The molecule has 1 rings (SSSR count). The summed E-state index contributed by atoms with van der Waals surface area (Å²) >= 11 is 0. The summed E-state index contributed by atoms with van der Waals surface area (Å²) in [5, 5.41) is 8.97. The Kier molecular flexibility index (Phi) is 5.01. The van der Waals surface area contributed by atoms with Crippen molar-refractivity contribution in [3.05, 3.63) is 0 Å². The van der Waals surface area contributed by atoms with Gasteiger partial charge in [-0.15, -0.1) is 0 Å². The zero-order valence-electron chi connectivity index (χ0n) is 9.19. The van der Waals surface area contributed by atoms with E-state index in [1.807, 2.05) is 6.92 Å². The standard InChI is InChI=1S/C10H20N2O3/c1-8-7-15-9(6-13)5-12(8)10(14)3-2-4-11/h8-9,13H,2-7,11H2,1H3. The summed E-state index contributed by atoms with van der Waals surface area (Å²) in [5.74, 6) is 0.106. The second kappa shape index (κ2) is 6.05. The Bertz CT molecular complexity index is 211. The van der Waals surface area contributed by atoms with Gasteiger partial charge in [0.25, 0.3) is 0 Å². The first kappa shape index (κ1) is 12.4. The molecule has 0 aromatic carbocycles. The Morgan fingerprint density at radius 2 is 2.40 bits per heavy atom. The second-order valence-corrected chi connectivity index (χ2v) is 3.93. The van der Waals surface area contributed by atoms with Gasteiger partial charge in [0.2, 0.25) is 5.91 Å². The van der Waals surface area contributed by atoms with Crippen LogP contribution in [-0.4, -0.2) is 54.4 Å². The molecule has 1 fully saturated rings. The number of morpholine rings is 1. The molecule has 0 radical (unpaired) electrons. The molecule has 88 valence electrons. The number of hydrogen-bond donors (Lipinski definition) is 2. The molecule has 0 spiro atoms. The number of aliphatic hydroxyl groups excluding tert-OH is 1. The maximum atomic E-state index is 11.8. The van der Waals surface area contributed by atoms with Crippen molar-refractivity contribution in [2.45, 2.75) is 31.9 Å². The monoisotopic (exact) mass is 216 g/mol. The average Bonchev–Trinajstić information content (AvgIpc) is 2.26. The smallest absolute Gasteiger partial charge is 0.223 e. The van der Waals surface area contributed by atoms with Crippen LogP contribution in [0.2, 0.25) is 0 Å². The Morgan fingerprint density at radius 3 is 3.00 bits per heavy atom. The summed E-state index contributed by atoms with van der Waals surface area (Å²) < 4.78 is 5.36. The molecule has 5 heteroatoms. The van der Waals surface area contributed by atoms with Gasteiger partial charge in [-0.05, 0) is 19.9 Å². The highest BCUT2D eigenvalue weighted by molar-refractivity contribution is 5.76. The number of carbonyl (C=O) groups excluding carboxylic acids is 1. The first-order valence-electron chi connectivity index (χ1n) is 5.41. The van der Waals surface area contributed by atoms with E-state index < -0.39 is 0 Å². The lowest BCUT2D eigenvalue weighted by Crippen LogP contribution is -2.52. The Labute approximate surface area is 90.2 Å². The first-order valence-corrected chi connectivity index (χ1v) is 5.41. The molecule has 3 N–H and O–H groups in total. The van der Waals surface area contributed by atoms with Crippen LogP contribution in [0.15, 0.2) is 0 Å². The Morgan fingerprint density at radius 1 is 1.67 bits per heavy atom. The number of nitrogens with zero attached hydrogens (tertiary/aromatic N) is 1. The van der Waals surface area contributed by atoms with Crippen molar-refractivity contribution in [3.63, 3.8) is 0 Å².